The molecule has 0 radical (unpaired) electrons. The van der Waals surface area contributed by atoms with E-state index >= 15 is 0 Å². The summed E-state index contributed by atoms with van der Waals surface area (Å²) in [6.45, 7) is 6.57. The van der Waals surface area contributed by atoms with E-state index in [1.807, 2.05) is 66.7 Å². The third-order valence-electron chi connectivity index (χ3n) is 10.3. The van der Waals surface area contributed by atoms with Gasteiger partial charge in [-0.05, 0) is 59.8 Å². The number of amides is 1. The van der Waals surface area contributed by atoms with E-state index in [9.17, 15) is 24.5 Å². The molecule has 2 atom stereocenters. The fourth-order valence-corrected chi connectivity index (χ4v) is 7.41. The first-order valence-corrected chi connectivity index (χ1v) is 18.1. The fraction of sp³-hybridized carbons (Fsp3) is 0.341. The summed E-state index contributed by atoms with van der Waals surface area (Å²) >= 11 is 0. The van der Waals surface area contributed by atoms with Crippen LogP contribution in [-0.4, -0.2) is 70.3 Å². The molecule has 53 heavy (non-hydrogen) atoms. The molecule has 0 aliphatic carbocycles. The van der Waals surface area contributed by atoms with Crippen molar-refractivity contribution in [3.05, 3.63) is 129 Å². The molecule has 0 saturated carbocycles. The summed E-state index contributed by atoms with van der Waals surface area (Å²) in [7, 11) is 0. The molecule has 1 amide bonds. The number of non-ortho nitro benzene ring substituents is 1. The first-order valence-electron chi connectivity index (χ1n) is 18.1. The van der Waals surface area contributed by atoms with Crippen molar-refractivity contribution < 1.29 is 23.9 Å². The highest BCUT2D eigenvalue weighted by Crippen LogP contribution is 2.42. The summed E-state index contributed by atoms with van der Waals surface area (Å²) in [5, 5.41) is 24.9. The van der Waals surface area contributed by atoms with Gasteiger partial charge in [0.1, 0.15) is 0 Å². The van der Waals surface area contributed by atoms with E-state index < -0.39 is 16.8 Å². The van der Waals surface area contributed by atoms with E-state index in [1.165, 1.54) is 6.07 Å². The molecule has 0 bridgehead atoms. The standard InChI is InChI=1S/C41H44N6O6/c1-27-13-12-18-31(28(27)2)37-32(40(49)29-14-6-3-7-15-29)25-46(26-33(37)41(50)30-16-8-4-9-17-30)24-23-43-36(48)19-10-5-11-22-42-34-20-21-35(47(51)52)39-38(34)44-53-45-39/h3-4,6-9,12-18,20-21,32-33,37,42H,5,10-11,19,22-26H2,1-2H3,(H,43,48)/t32-,33-/m0/s1. The van der Waals surface area contributed by atoms with Crippen LogP contribution in [0.3, 0.4) is 0 Å². The maximum absolute atomic E-state index is 14.3. The molecule has 0 spiro atoms. The SMILES string of the molecule is Cc1cccc(C2[C@@H](C(=O)c3ccccc3)CN(CCNC(=O)CCCCCNc3ccc([N+](=O)[O-])c4nonc34)C[C@@H]2C(=O)c2ccccc2)c1C. The lowest BCUT2D eigenvalue weighted by Gasteiger charge is -2.43. The van der Waals surface area contributed by atoms with E-state index in [-0.39, 0.29) is 34.6 Å². The number of benzene rings is 4. The van der Waals surface area contributed by atoms with Crippen molar-refractivity contribution in [1.82, 2.24) is 20.5 Å². The third kappa shape index (κ3) is 8.66. The minimum atomic E-state index is -0.524. The highest BCUT2D eigenvalue weighted by molar-refractivity contribution is 6.02. The molecule has 1 aromatic heterocycles. The van der Waals surface area contributed by atoms with Crippen LogP contribution in [0.1, 0.15) is 69.0 Å². The number of nitro groups is 1. The van der Waals surface area contributed by atoms with Gasteiger partial charge in [0.15, 0.2) is 17.1 Å². The number of piperidine rings is 1. The molecule has 1 saturated heterocycles. The number of carbonyl (C=O) groups is 3. The number of carbonyl (C=O) groups excluding carboxylic acids is 3. The van der Waals surface area contributed by atoms with Gasteiger partial charge in [-0.25, -0.2) is 4.63 Å². The number of hydrogen-bond acceptors (Lipinski definition) is 10. The average Bonchev–Trinajstić information content (AvgIpc) is 3.68. The average molecular weight is 717 g/mol. The first kappa shape index (κ1) is 37.0. The zero-order valence-corrected chi connectivity index (χ0v) is 30.0. The van der Waals surface area contributed by atoms with Gasteiger partial charge >= 0.3 is 5.69 Å². The molecule has 274 valence electrons. The number of fused-ring (bicyclic) bond motifs is 1. The second-order valence-corrected chi connectivity index (χ2v) is 13.7. The summed E-state index contributed by atoms with van der Waals surface area (Å²) in [6.07, 6.45) is 2.64. The Balaban J connectivity index is 1.07. The van der Waals surface area contributed by atoms with Gasteiger partial charge in [-0.3, -0.25) is 24.5 Å². The molecule has 2 heterocycles. The second-order valence-electron chi connectivity index (χ2n) is 13.7. The Morgan fingerprint density at radius 3 is 2.08 bits per heavy atom. The van der Waals surface area contributed by atoms with Crippen LogP contribution in [0, 0.1) is 35.8 Å². The van der Waals surface area contributed by atoms with Crippen molar-refractivity contribution in [2.24, 2.45) is 11.8 Å². The van der Waals surface area contributed by atoms with Crippen LogP contribution in [-0.2, 0) is 4.79 Å². The van der Waals surface area contributed by atoms with E-state index in [2.05, 4.69) is 51.8 Å². The van der Waals surface area contributed by atoms with Crippen LogP contribution in [0.4, 0.5) is 11.4 Å². The topological polar surface area (TPSA) is 161 Å². The Morgan fingerprint density at radius 2 is 1.43 bits per heavy atom. The lowest BCUT2D eigenvalue weighted by Crippen LogP contribution is -2.52. The molecule has 1 fully saturated rings. The number of hydrogen-bond donors (Lipinski definition) is 2. The van der Waals surface area contributed by atoms with Gasteiger partial charge in [0.25, 0.3) is 0 Å². The number of rotatable bonds is 16. The molecule has 2 N–H and O–H groups in total. The third-order valence-corrected chi connectivity index (χ3v) is 10.3. The van der Waals surface area contributed by atoms with Gasteiger partial charge in [0.2, 0.25) is 11.4 Å². The molecule has 12 nitrogen and oxygen atoms in total. The predicted octanol–water partition coefficient (Wildman–Crippen LogP) is 6.93. The van der Waals surface area contributed by atoms with Crippen molar-refractivity contribution in [1.29, 1.82) is 0 Å². The zero-order chi connectivity index (χ0) is 37.3. The lowest BCUT2D eigenvalue weighted by atomic mass is 9.67. The van der Waals surface area contributed by atoms with E-state index in [0.717, 1.165) is 29.5 Å². The van der Waals surface area contributed by atoms with Crippen LogP contribution < -0.4 is 10.6 Å². The molecule has 1 aliphatic heterocycles. The molecular weight excluding hydrogens is 672 g/mol. The summed E-state index contributed by atoms with van der Waals surface area (Å²) in [5.41, 5.74) is 5.34. The van der Waals surface area contributed by atoms with Crippen LogP contribution in [0.25, 0.3) is 11.0 Å². The van der Waals surface area contributed by atoms with Crippen molar-refractivity contribution in [3.63, 3.8) is 0 Å². The molecule has 4 aromatic carbocycles. The van der Waals surface area contributed by atoms with E-state index in [1.54, 1.807) is 6.07 Å². The Bertz CT molecular complexity index is 2010. The first-order chi connectivity index (χ1) is 25.7. The highest BCUT2D eigenvalue weighted by atomic mass is 16.6. The Morgan fingerprint density at radius 1 is 0.792 bits per heavy atom. The summed E-state index contributed by atoms with van der Waals surface area (Å²) < 4.78 is 4.72. The van der Waals surface area contributed by atoms with E-state index in [0.29, 0.717) is 67.9 Å². The molecule has 0 unspecified atom stereocenters. The number of aromatic nitrogens is 2. The van der Waals surface area contributed by atoms with E-state index in [4.69, 9.17) is 4.63 Å². The molecule has 6 rings (SSSR count). The highest BCUT2D eigenvalue weighted by Gasteiger charge is 2.45. The van der Waals surface area contributed by atoms with Crippen LogP contribution >= 0.6 is 0 Å². The summed E-state index contributed by atoms with van der Waals surface area (Å²) in [6, 6.07) is 27.7. The second kappa shape index (κ2) is 17.2. The predicted molar refractivity (Wildman–Crippen MR) is 202 cm³/mol. The number of aryl methyl sites for hydroxylation is 1. The summed E-state index contributed by atoms with van der Waals surface area (Å²) in [4.78, 5) is 54.3. The monoisotopic (exact) mass is 716 g/mol. The van der Waals surface area contributed by atoms with Crippen molar-refractivity contribution >= 4 is 39.9 Å². The smallest absolute Gasteiger partial charge is 0.300 e. The van der Waals surface area contributed by atoms with Gasteiger partial charge in [-0.2, -0.15) is 0 Å². The number of nitrogens with zero attached hydrogens (tertiary/aromatic N) is 4. The van der Waals surface area contributed by atoms with Crippen molar-refractivity contribution in [3.8, 4) is 0 Å². The van der Waals surface area contributed by atoms with Crippen molar-refractivity contribution in [2.45, 2.75) is 45.4 Å². The Kier molecular flexibility index (Phi) is 12.0. The number of ketones is 2. The van der Waals surface area contributed by atoms with Gasteiger partial charge in [-0.1, -0.05) is 85.3 Å². The van der Waals surface area contributed by atoms with Gasteiger partial charge in [-0.15, -0.1) is 0 Å². The molecule has 1 aliphatic rings. The van der Waals surface area contributed by atoms with Gasteiger partial charge < -0.3 is 15.5 Å². The van der Waals surface area contributed by atoms with Crippen LogP contribution in [0.15, 0.2) is 95.6 Å². The number of anilines is 1. The van der Waals surface area contributed by atoms with Gasteiger partial charge in [0, 0.05) is 74.1 Å². The largest absolute Gasteiger partial charge is 0.383 e. The van der Waals surface area contributed by atoms with Crippen LogP contribution in [0.2, 0.25) is 0 Å². The number of likely N-dealkylation sites (tertiary alicyclic amines) is 1. The minimum Gasteiger partial charge on any atom is -0.383 e. The molecule has 12 heteroatoms. The molecule has 5 aromatic rings. The van der Waals surface area contributed by atoms with Crippen molar-refractivity contribution in [2.75, 3.05) is 38.0 Å². The Labute approximate surface area is 308 Å². The van der Waals surface area contributed by atoms with Gasteiger partial charge in [0.05, 0.1) is 10.6 Å². The van der Waals surface area contributed by atoms with Crippen LogP contribution in [0.5, 0.6) is 0 Å². The maximum Gasteiger partial charge on any atom is 0.300 e. The fourth-order valence-electron chi connectivity index (χ4n) is 7.41. The number of unbranched alkanes of at least 4 members (excludes halogenated alkanes) is 2. The minimum absolute atomic E-state index is 0.0151. The maximum atomic E-state index is 14.3. The quantitative estimate of drug-likeness (QED) is 0.0474. The molecular formula is C41H44N6O6. The summed E-state index contributed by atoms with van der Waals surface area (Å²) in [5.74, 6) is -1.26. The number of nitro benzene ring substituents is 1. The lowest BCUT2D eigenvalue weighted by molar-refractivity contribution is -0.383. The Hall–Kier alpha value is -5.75. The normalized spacial score (nSPS) is 16.3. The number of nitrogens with one attached hydrogen (secondary N) is 2. The zero-order valence-electron chi connectivity index (χ0n) is 30.0. The number of Topliss-reactive ketones (excluding diaryl/α,β-unsaturated/α-hetero) is 2.